The highest BCUT2D eigenvalue weighted by molar-refractivity contribution is 7.13. The lowest BCUT2D eigenvalue weighted by Crippen LogP contribution is -1.91. The van der Waals surface area contributed by atoms with Gasteiger partial charge in [-0.05, 0) is 41.3 Å². The average Bonchev–Trinajstić information content (AvgIpc) is 2.59. The number of benzene rings is 1. The van der Waals surface area contributed by atoms with Crippen molar-refractivity contribution >= 4 is 44.1 Å². The zero-order valence-electron chi connectivity index (χ0n) is 6.82. The van der Waals surface area contributed by atoms with Crippen LogP contribution in [0.2, 0.25) is 0 Å². The Labute approximate surface area is 88.2 Å². The van der Waals surface area contributed by atoms with Crippen molar-refractivity contribution in [1.29, 1.82) is 0 Å². The number of carbonyl (C=O) groups excluding carboxylic acids is 1. The number of rotatable bonds is 2. The topological polar surface area (TPSA) is 62.2 Å². The van der Waals surface area contributed by atoms with E-state index in [-0.39, 0.29) is 5.69 Å². The van der Waals surface area contributed by atoms with E-state index in [0.29, 0.717) is 11.1 Å². The highest BCUT2D eigenvalue weighted by Crippen LogP contribution is 2.26. The first-order valence-electron chi connectivity index (χ1n) is 3.72. The van der Waals surface area contributed by atoms with Crippen molar-refractivity contribution in [1.82, 2.24) is 4.37 Å². The third-order valence-electron chi connectivity index (χ3n) is 1.79. The molecule has 2 N–H and O–H groups in total. The van der Waals surface area contributed by atoms with Crippen LogP contribution in [0.5, 0.6) is 0 Å². The molecule has 2 aromatic rings. The molecule has 2 rings (SSSR count). The third kappa shape index (κ3) is 1.45. The fourth-order valence-corrected chi connectivity index (χ4v) is 2.10. The van der Waals surface area contributed by atoms with Gasteiger partial charge in [0.05, 0.1) is 10.4 Å². The van der Waals surface area contributed by atoms with Crippen molar-refractivity contribution < 1.29 is 10.0 Å². The maximum atomic E-state index is 10.9. The minimum atomic E-state index is -0.591. The second-order valence-electron chi connectivity index (χ2n) is 2.63. The minimum absolute atomic E-state index is 0.226. The fraction of sp³-hybridized carbons (Fsp3) is 0. The lowest BCUT2D eigenvalue weighted by atomic mass is 10.2. The Bertz CT molecular complexity index is 497. The molecule has 0 aliphatic heterocycles. The van der Waals surface area contributed by atoms with Gasteiger partial charge >= 0.3 is 0 Å². The summed E-state index contributed by atoms with van der Waals surface area (Å²) in [5, 5.41) is 8.74. The lowest BCUT2D eigenvalue weighted by Gasteiger charge is -1.97. The molecule has 0 spiro atoms. The summed E-state index contributed by atoms with van der Waals surface area (Å²) < 4.78 is 4.78. The molecule has 0 unspecified atom stereocenters. The average molecular weight is 229 g/mol. The van der Waals surface area contributed by atoms with Crippen LogP contribution in [0.4, 0.5) is 5.69 Å². The van der Waals surface area contributed by atoms with Crippen LogP contribution in [0.25, 0.3) is 10.1 Å². The number of halogens is 1. The van der Waals surface area contributed by atoms with Gasteiger partial charge in [0.15, 0.2) is 0 Å². The Morgan fingerprint density at radius 2 is 2.36 bits per heavy atom. The summed E-state index contributed by atoms with van der Waals surface area (Å²) in [7, 11) is 0. The molecule has 14 heavy (non-hydrogen) atoms. The highest BCUT2D eigenvalue weighted by atomic mass is 35.5. The van der Waals surface area contributed by atoms with Crippen LogP contribution in [-0.2, 0) is 0 Å². The van der Waals surface area contributed by atoms with Crippen molar-refractivity contribution in [2.75, 3.05) is 5.48 Å². The number of hydrogen-bond donors (Lipinski definition) is 2. The molecule has 4 nitrogen and oxygen atoms in total. The zero-order valence-corrected chi connectivity index (χ0v) is 8.39. The first-order valence-corrected chi connectivity index (χ1v) is 4.87. The molecule has 72 valence electrons. The Morgan fingerprint density at radius 1 is 1.57 bits per heavy atom. The van der Waals surface area contributed by atoms with Crippen LogP contribution < -0.4 is 5.48 Å². The number of anilines is 1. The van der Waals surface area contributed by atoms with Crippen molar-refractivity contribution in [2.24, 2.45) is 0 Å². The van der Waals surface area contributed by atoms with Crippen LogP contribution in [0.15, 0.2) is 18.2 Å². The monoisotopic (exact) mass is 228 g/mol. The van der Waals surface area contributed by atoms with E-state index in [2.05, 4.69) is 4.37 Å². The van der Waals surface area contributed by atoms with Crippen molar-refractivity contribution in [3.8, 4) is 0 Å². The van der Waals surface area contributed by atoms with E-state index in [1.54, 1.807) is 18.2 Å². The standard InChI is InChI=1S/C8H5ClN2O2S/c9-8(12)7-5-3-4(10-13)1-2-6(5)14-11-7/h1-3,10,13H. The van der Waals surface area contributed by atoms with Gasteiger partial charge in [0.25, 0.3) is 5.24 Å². The predicted octanol–water partition coefficient (Wildman–Crippen LogP) is 2.48. The van der Waals surface area contributed by atoms with E-state index in [0.717, 1.165) is 4.70 Å². The van der Waals surface area contributed by atoms with E-state index in [4.69, 9.17) is 16.8 Å². The molecule has 0 amide bonds. The lowest BCUT2D eigenvalue weighted by molar-refractivity contribution is 0.107. The molecular weight excluding hydrogens is 224 g/mol. The maximum absolute atomic E-state index is 10.9. The van der Waals surface area contributed by atoms with Crippen LogP contribution in [0.1, 0.15) is 10.5 Å². The van der Waals surface area contributed by atoms with Gasteiger partial charge in [-0.2, -0.15) is 4.37 Å². The number of fused-ring (bicyclic) bond motifs is 1. The number of carbonyl (C=O) groups is 1. The largest absolute Gasteiger partial charge is 0.291 e. The zero-order chi connectivity index (χ0) is 10.1. The number of hydrogen-bond acceptors (Lipinski definition) is 5. The van der Waals surface area contributed by atoms with Gasteiger partial charge in [-0.3, -0.25) is 15.5 Å². The summed E-state index contributed by atoms with van der Waals surface area (Å²) in [6.07, 6.45) is 0. The van der Waals surface area contributed by atoms with Gasteiger partial charge in [-0.25, -0.2) is 0 Å². The predicted molar refractivity (Wildman–Crippen MR) is 55.2 cm³/mol. The van der Waals surface area contributed by atoms with Gasteiger partial charge < -0.3 is 0 Å². The molecule has 0 aliphatic carbocycles. The summed E-state index contributed by atoms with van der Waals surface area (Å²) in [4.78, 5) is 10.9. The summed E-state index contributed by atoms with van der Waals surface area (Å²) in [6.45, 7) is 0. The Balaban J connectivity index is 2.69. The van der Waals surface area contributed by atoms with Gasteiger partial charge in [-0.1, -0.05) is 0 Å². The molecule has 0 aliphatic rings. The first-order chi connectivity index (χ1) is 6.72. The Kier molecular flexibility index (Phi) is 2.37. The molecular formula is C8H5ClN2O2S. The van der Waals surface area contributed by atoms with Gasteiger partial charge in [0.1, 0.15) is 5.69 Å². The fourth-order valence-electron chi connectivity index (χ4n) is 1.15. The molecule has 6 heteroatoms. The second-order valence-corrected chi connectivity index (χ2v) is 3.78. The van der Waals surface area contributed by atoms with Crippen LogP contribution in [0.3, 0.4) is 0 Å². The Morgan fingerprint density at radius 3 is 3.00 bits per heavy atom. The van der Waals surface area contributed by atoms with E-state index >= 15 is 0 Å². The molecule has 0 saturated heterocycles. The summed E-state index contributed by atoms with van der Waals surface area (Å²) in [5.74, 6) is 0. The molecule has 0 atom stereocenters. The molecule has 0 fully saturated rings. The number of nitrogens with one attached hydrogen (secondary N) is 1. The van der Waals surface area contributed by atoms with Gasteiger partial charge in [0.2, 0.25) is 0 Å². The normalized spacial score (nSPS) is 10.4. The number of nitrogens with zero attached hydrogens (tertiary/aromatic N) is 1. The van der Waals surface area contributed by atoms with Crippen molar-refractivity contribution in [3.05, 3.63) is 23.9 Å². The molecule has 1 aromatic heterocycles. The van der Waals surface area contributed by atoms with Crippen LogP contribution >= 0.6 is 23.1 Å². The SMILES string of the molecule is O=C(Cl)c1nsc2ccc(NO)cc12. The van der Waals surface area contributed by atoms with Gasteiger partial charge in [0, 0.05) is 5.39 Å². The first kappa shape index (κ1) is 9.39. The third-order valence-corrected chi connectivity index (χ3v) is 2.79. The Hall–Kier alpha value is -1.17. The van der Waals surface area contributed by atoms with Crippen molar-refractivity contribution in [2.45, 2.75) is 0 Å². The maximum Gasteiger partial charge on any atom is 0.272 e. The second kappa shape index (κ2) is 3.53. The molecule has 1 aromatic carbocycles. The van der Waals surface area contributed by atoms with E-state index in [1.807, 2.05) is 5.48 Å². The van der Waals surface area contributed by atoms with Crippen molar-refractivity contribution in [3.63, 3.8) is 0 Å². The van der Waals surface area contributed by atoms with E-state index < -0.39 is 5.24 Å². The summed E-state index contributed by atoms with van der Waals surface area (Å²) in [5.41, 5.74) is 2.72. The molecule has 1 heterocycles. The van der Waals surface area contributed by atoms with Crippen LogP contribution in [0, 0.1) is 0 Å². The van der Waals surface area contributed by atoms with E-state index in [9.17, 15) is 4.79 Å². The minimum Gasteiger partial charge on any atom is -0.291 e. The van der Waals surface area contributed by atoms with Crippen LogP contribution in [-0.4, -0.2) is 14.8 Å². The molecule has 0 saturated carbocycles. The number of aromatic nitrogens is 1. The van der Waals surface area contributed by atoms with E-state index in [1.165, 1.54) is 11.5 Å². The van der Waals surface area contributed by atoms with Gasteiger partial charge in [-0.15, -0.1) is 0 Å². The molecule has 0 radical (unpaired) electrons. The summed E-state index contributed by atoms with van der Waals surface area (Å²) in [6, 6.07) is 5.06. The molecule has 0 bridgehead atoms. The summed E-state index contributed by atoms with van der Waals surface area (Å²) >= 11 is 6.54. The highest BCUT2D eigenvalue weighted by Gasteiger charge is 2.12. The smallest absolute Gasteiger partial charge is 0.272 e. The quantitative estimate of drug-likeness (QED) is 0.612.